The SMILES string of the molecule is COc1ccc2c(c1)CCC(OC(C)=O)CC2=O. The molecule has 4 heteroatoms. The van der Waals surface area contributed by atoms with Crippen LogP contribution in [-0.4, -0.2) is 25.0 Å². The Hall–Kier alpha value is -1.84. The van der Waals surface area contributed by atoms with Crippen molar-refractivity contribution in [1.29, 1.82) is 0 Å². The number of carbonyl (C=O) groups excluding carboxylic acids is 2. The molecule has 1 aliphatic rings. The zero-order valence-corrected chi connectivity index (χ0v) is 10.6. The third-order valence-electron chi connectivity index (χ3n) is 3.09. The quantitative estimate of drug-likeness (QED) is 0.594. The van der Waals surface area contributed by atoms with Gasteiger partial charge >= 0.3 is 5.97 Å². The Morgan fingerprint density at radius 2 is 2.17 bits per heavy atom. The lowest BCUT2D eigenvalue weighted by Gasteiger charge is -2.12. The van der Waals surface area contributed by atoms with Gasteiger partial charge in [0.1, 0.15) is 11.9 Å². The summed E-state index contributed by atoms with van der Waals surface area (Å²) in [7, 11) is 1.60. The van der Waals surface area contributed by atoms with Crippen molar-refractivity contribution in [2.45, 2.75) is 32.3 Å². The molecule has 0 amide bonds. The van der Waals surface area contributed by atoms with Crippen LogP contribution < -0.4 is 4.74 Å². The second kappa shape index (κ2) is 5.21. The Morgan fingerprint density at radius 1 is 1.39 bits per heavy atom. The third kappa shape index (κ3) is 2.70. The van der Waals surface area contributed by atoms with E-state index in [-0.39, 0.29) is 24.3 Å². The lowest BCUT2D eigenvalue weighted by molar-refractivity contribution is -0.146. The molecule has 1 aromatic carbocycles. The number of hydrogen-bond acceptors (Lipinski definition) is 4. The molecule has 1 unspecified atom stereocenters. The van der Waals surface area contributed by atoms with Crippen LogP contribution in [-0.2, 0) is 16.0 Å². The van der Waals surface area contributed by atoms with Crippen LogP contribution in [0.3, 0.4) is 0 Å². The highest BCUT2D eigenvalue weighted by molar-refractivity contribution is 5.98. The number of ketones is 1. The molecule has 2 rings (SSSR count). The molecule has 0 spiro atoms. The Morgan fingerprint density at radius 3 is 2.83 bits per heavy atom. The number of rotatable bonds is 2. The van der Waals surface area contributed by atoms with Crippen LogP contribution >= 0.6 is 0 Å². The van der Waals surface area contributed by atoms with E-state index >= 15 is 0 Å². The van der Waals surface area contributed by atoms with Crippen LogP contribution in [0.25, 0.3) is 0 Å². The van der Waals surface area contributed by atoms with Gasteiger partial charge in [-0.15, -0.1) is 0 Å². The number of hydrogen-bond donors (Lipinski definition) is 0. The van der Waals surface area contributed by atoms with Crippen molar-refractivity contribution < 1.29 is 19.1 Å². The summed E-state index contributed by atoms with van der Waals surface area (Å²) in [6.07, 6.45) is 1.34. The van der Waals surface area contributed by atoms with E-state index in [0.29, 0.717) is 12.0 Å². The summed E-state index contributed by atoms with van der Waals surface area (Å²) in [6.45, 7) is 1.37. The van der Waals surface area contributed by atoms with Crippen molar-refractivity contribution in [3.63, 3.8) is 0 Å². The second-order valence-electron chi connectivity index (χ2n) is 4.42. The smallest absolute Gasteiger partial charge is 0.302 e. The monoisotopic (exact) mass is 248 g/mol. The number of ether oxygens (including phenoxy) is 2. The highest BCUT2D eigenvalue weighted by Crippen LogP contribution is 2.26. The maximum Gasteiger partial charge on any atom is 0.302 e. The predicted octanol–water partition coefficient (Wildman–Crippen LogP) is 2.15. The number of methoxy groups -OCH3 is 1. The van der Waals surface area contributed by atoms with Gasteiger partial charge in [0.15, 0.2) is 5.78 Å². The first kappa shape index (κ1) is 12.6. The standard InChI is InChI=1S/C14H16O4/c1-9(15)18-12-4-3-10-7-11(17-2)5-6-13(10)14(16)8-12/h5-7,12H,3-4,8H2,1-2H3. The number of aryl methyl sites for hydroxylation is 1. The largest absolute Gasteiger partial charge is 0.497 e. The van der Waals surface area contributed by atoms with E-state index < -0.39 is 0 Å². The number of benzene rings is 1. The molecule has 0 N–H and O–H groups in total. The number of Topliss-reactive ketones (excluding diaryl/α,β-unsaturated/α-hetero) is 1. The van der Waals surface area contributed by atoms with E-state index in [1.54, 1.807) is 19.2 Å². The fourth-order valence-electron chi connectivity index (χ4n) is 2.25. The van der Waals surface area contributed by atoms with Crippen molar-refractivity contribution in [1.82, 2.24) is 0 Å². The first-order chi connectivity index (χ1) is 8.60. The molecule has 0 aromatic heterocycles. The fourth-order valence-corrected chi connectivity index (χ4v) is 2.25. The summed E-state index contributed by atoms with van der Waals surface area (Å²) in [5, 5.41) is 0. The molecule has 96 valence electrons. The number of esters is 1. The van der Waals surface area contributed by atoms with Gasteiger partial charge in [0.2, 0.25) is 0 Å². The zero-order valence-electron chi connectivity index (χ0n) is 10.6. The molecule has 0 fully saturated rings. The predicted molar refractivity (Wildman–Crippen MR) is 65.8 cm³/mol. The fraction of sp³-hybridized carbons (Fsp3) is 0.429. The molecule has 4 nitrogen and oxygen atoms in total. The van der Waals surface area contributed by atoms with E-state index in [4.69, 9.17) is 9.47 Å². The summed E-state index contributed by atoms with van der Waals surface area (Å²) >= 11 is 0. The zero-order chi connectivity index (χ0) is 13.1. The summed E-state index contributed by atoms with van der Waals surface area (Å²) in [5.41, 5.74) is 1.68. The summed E-state index contributed by atoms with van der Waals surface area (Å²) in [4.78, 5) is 23.0. The normalized spacial score (nSPS) is 18.8. The van der Waals surface area contributed by atoms with Gasteiger partial charge in [-0.3, -0.25) is 9.59 Å². The molecule has 1 atom stereocenters. The van der Waals surface area contributed by atoms with Gasteiger partial charge < -0.3 is 9.47 Å². The summed E-state index contributed by atoms with van der Waals surface area (Å²) in [6, 6.07) is 5.44. The van der Waals surface area contributed by atoms with Crippen LogP contribution in [0, 0.1) is 0 Å². The molecule has 18 heavy (non-hydrogen) atoms. The van der Waals surface area contributed by atoms with Gasteiger partial charge in [-0.25, -0.2) is 0 Å². The van der Waals surface area contributed by atoms with Gasteiger partial charge in [0.25, 0.3) is 0 Å². The van der Waals surface area contributed by atoms with Gasteiger partial charge in [0.05, 0.1) is 7.11 Å². The first-order valence-corrected chi connectivity index (χ1v) is 5.97. The molecule has 0 radical (unpaired) electrons. The van der Waals surface area contributed by atoms with Crippen molar-refractivity contribution in [2.24, 2.45) is 0 Å². The van der Waals surface area contributed by atoms with Gasteiger partial charge in [0, 0.05) is 18.9 Å². The van der Waals surface area contributed by atoms with Crippen LogP contribution in [0.1, 0.15) is 35.7 Å². The van der Waals surface area contributed by atoms with E-state index in [1.165, 1.54) is 6.92 Å². The lowest BCUT2D eigenvalue weighted by Crippen LogP contribution is -2.18. The minimum Gasteiger partial charge on any atom is -0.497 e. The minimum atomic E-state index is -0.337. The van der Waals surface area contributed by atoms with Gasteiger partial charge in [-0.2, -0.15) is 0 Å². The van der Waals surface area contributed by atoms with Crippen LogP contribution in [0.5, 0.6) is 5.75 Å². The molecule has 0 heterocycles. The van der Waals surface area contributed by atoms with Crippen molar-refractivity contribution in [3.05, 3.63) is 29.3 Å². The van der Waals surface area contributed by atoms with Gasteiger partial charge in [-0.1, -0.05) is 0 Å². The van der Waals surface area contributed by atoms with E-state index in [9.17, 15) is 9.59 Å². The average Bonchev–Trinajstić information content (AvgIpc) is 2.48. The molecule has 0 bridgehead atoms. The molecule has 0 aliphatic heterocycles. The molecule has 1 aliphatic carbocycles. The van der Waals surface area contributed by atoms with Crippen molar-refractivity contribution in [2.75, 3.05) is 7.11 Å². The Kier molecular flexibility index (Phi) is 3.65. The number of fused-ring (bicyclic) bond motifs is 1. The van der Waals surface area contributed by atoms with Crippen molar-refractivity contribution in [3.8, 4) is 5.75 Å². The van der Waals surface area contributed by atoms with E-state index in [0.717, 1.165) is 17.7 Å². The highest BCUT2D eigenvalue weighted by atomic mass is 16.5. The molecular weight excluding hydrogens is 232 g/mol. The van der Waals surface area contributed by atoms with Crippen LogP contribution in [0.2, 0.25) is 0 Å². The molecule has 1 aromatic rings. The maximum atomic E-state index is 12.1. The van der Waals surface area contributed by atoms with E-state index in [2.05, 4.69) is 0 Å². The van der Waals surface area contributed by atoms with E-state index in [1.807, 2.05) is 6.07 Å². The lowest BCUT2D eigenvalue weighted by atomic mass is 10.0. The summed E-state index contributed by atoms with van der Waals surface area (Å²) < 4.78 is 10.3. The third-order valence-corrected chi connectivity index (χ3v) is 3.09. The second-order valence-corrected chi connectivity index (χ2v) is 4.42. The minimum absolute atomic E-state index is 0.0244. The molecular formula is C14H16O4. The van der Waals surface area contributed by atoms with Crippen LogP contribution in [0.15, 0.2) is 18.2 Å². The maximum absolute atomic E-state index is 12.1. The Bertz CT molecular complexity index is 479. The first-order valence-electron chi connectivity index (χ1n) is 5.97. The highest BCUT2D eigenvalue weighted by Gasteiger charge is 2.24. The molecule has 0 saturated carbocycles. The Labute approximate surface area is 106 Å². The topological polar surface area (TPSA) is 52.6 Å². The number of carbonyl (C=O) groups is 2. The van der Waals surface area contributed by atoms with Gasteiger partial charge in [-0.05, 0) is 36.6 Å². The average molecular weight is 248 g/mol. The summed E-state index contributed by atoms with van der Waals surface area (Å²) in [5.74, 6) is 0.431. The van der Waals surface area contributed by atoms with Crippen LogP contribution in [0.4, 0.5) is 0 Å². The van der Waals surface area contributed by atoms with Crippen molar-refractivity contribution >= 4 is 11.8 Å². The molecule has 0 saturated heterocycles. The Balaban J connectivity index is 2.23.